The van der Waals surface area contributed by atoms with Gasteiger partial charge in [0.2, 0.25) is 5.78 Å². The second-order valence-corrected chi connectivity index (χ2v) is 2.29. The molecule has 0 aliphatic carbocycles. The van der Waals surface area contributed by atoms with Gasteiger partial charge in [-0.3, -0.25) is 15.8 Å². The number of carbonyl (C=O) groups excluding carboxylic acids is 3. The first-order chi connectivity index (χ1) is 7.02. The van der Waals surface area contributed by atoms with Crippen LogP contribution in [-0.2, 0) is 68.2 Å². The molecule has 0 aliphatic heterocycles. The predicted octanol–water partition coefficient (Wildman–Crippen LogP) is -1.59. The maximum Gasteiger partial charge on any atom is 2.00 e. The summed E-state index contributed by atoms with van der Waals surface area (Å²) in [5.41, 5.74) is 4.50. The fourth-order valence-corrected chi connectivity index (χ4v) is 0.576. The molecular formula is C9H8N3O3WY-. The molecular weight excluding hydrogens is 471 g/mol. The SMILES string of the molecule is [CH-]=CC(=[C-]N=[CH-])C(=O)NCC(=O)C(N)=O.[W+2].[Y]. The molecule has 0 aromatic rings. The zero-order chi connectivity index (χ0) is 11.8. The van der Waals surface area contributed by atoms with Gasteiger partial charge in [-0.2, -0.15) is 6.72 Å². The number of Topliss-reactive ketones (excluding diaryl/α,β-unsaturated/α-hetero) is 1. The van der Waals surface area contributed by atoms with Crippen LogP contribution in [0.25, 0.3) is 0 Å². The van der Waals surface area contributed by atoms with Crippen LogP contribution in [0.15, 0.2) is 16.6 Å². The van der Waals surface area contributed by atoms with Gasteiger partial charge in [0.05, 0.1) is 6.54 Å². The molecule has 0 aromatic carbocycles. The average Bonchev–Trinajstić information content (AvgIpc) is 2.21. The third-order valence-electron chi connectivity index (χ3n) is 1.28. The van der Waals surface area contributed by atoms with E-state index >= 15 is 0 Å². The number of nitrogens with zero attached hydrogens (tertiary/aromatic N) is 1. The molecule has 87 valence electrons. The smallest absolute Gasteiger partial charge is 0.498 e. The third-order valence-corrected chi connectivity index (χ3v) is 1.28. The molecule has 3 N–H and O–H groups in total. The van der Waals surface area contributed by atoms with Crippen molar-refractivity contribution in [1.29, 1.82) is 0 Å². The van der Waals surface area contributed by atoms with Gasteiger partial charge in [-0.05, 0) is 5.91 Å². The molecule has 0 atom stereocenters. The average molecular weight is 479 g/mol. The molecule has 0 spiro atoms. The van der Waals surface area contributed by atoms with Crippen molar-refractivity contribution in [3.05, 3.63) is 24.4 Å². The largest absolute Gasteiger partial charge is 2.00 e. The van der Waals surface area contributed by atoms with Crippen LogP contribution in [-0.4, -0.2) is 30.9 Å². The summed E-state index contributed by atoms with van der Waals surface area (Å²) < 4.78 is 0. The van der Waals surface area contributed by atoms with E-state index in [1.165, 1.54) is 0 Å². The number of ketones is 1. The van der Waals surface area contributed by atoms with Crippen LogP contribution in [0, 0.1) is 12.8 Å². The van der Waals surface area contributed by atoms with Crippen LogP contribution in [0.3, 0.4) is 0 Å². The van der Waals surface area contributed by atoms with E-state index in [0.29, 0.717) is 0 Å². The van der Waals surface area contributed by atoms with E-state index < -0.39 is 24.1 Å². The standard InChI is InChI=1S/C9H8N3O3.W.Y/c1-3-6(4-11-2)9(15)12-5-7(13)8(10)14;;/h1-3H,5H2,(H2,10,14)(H,12,15);;/q-3;+2;. The topological polar surface area (TPSA) is 102 Å². The van der Waals surface area contributed by atoms with Gasteiger partial charge in [-0.15, -0.1) is 0 Å². The van der Waals surface area contributed by atoms with Crippen molar-refractivity contribution in [1.82, 2.24) is 5.32 Å². The summed E-state index contributed by atoms with van der Waals surface area (Å²) >= 11 is 0. The van der Waals surface area contributed by atoms with Crippen molar-refractivity contribution >= 4 is 24.3 Å². The van der Waals surface area contributed by atoms with Gasteiger partial charge in [0.1, 0.15) is 0 Å². The number of nitrogens with one attached hydrogen (secondary N) is 1. The number of hydrogen-bond donors (Lipinski definition) is 2. The summed E-state index contributed by atoms with van der Waals surface area (Å²) in [5.74, 6) is -2.80. The van der Waals surface area contributed by atoms with Crippen molar-refractivity contribution in [2.24, 2.45) is 10.7 Å². The molecule has 1 radical (unpaired) electrons. The van der Waals surface area contributed by atoms with E-state index in [0.717, 1.165) is 6.08 Å². The van der Waals surface area contributed by atoms with Crippen LogP contribution in [0.2, 0.25) is 0 Å². The number of carbonyl (C=O) groups is 3. The first-order valence-corrected chi connectivity index (χ1v) is 3.71. The Morgan fingerprint density at radius 2 is 1.94 bits per heavy atom. The molecule has 0 saturated carbocycles. The second-order valence-electron chi connectivity index (χ2n) is 2.29. The summed E-state index contributed by atoms with van der Waals surface area (Å²) in [5, 5.41) is 2.08. The zero-order valence-corrected chi connectivity index (χ0v) is 14.4. The molecule has 2 amide bonds. The first-order valence-electron chi connectivity index (χ1n) is 3.71. The predicted molar refractivity (Wildman–Crippen MR) is 51.3 cm³/mol. The maximum atomic E-state index is 11.1. The van der Waals surface area contributed by atoms with E-state index in [2.05, 4.69) is 22.2 Å². The Bertz CT molecular complexity index is 355. The number of aliphatic imine (C=N–C) groups is 1. The first kappa shape index (κ1) is 21.8. The van der Waals surface area contributed by atoms with Crippen molar-refractivity contribution < 1.29 is 68.2 Å². The summed E-state index contributed by atoms with van der Waals surface area (Å²) in [6.07, 6.45) is 2.99. The molecule has 6 nitrogen and oxygen atoms in total. The Labute approximate surface area is 138 Å². The molecule has 0 heterocycles. The minimum absolute atomic E-state index is 0. The fraction of sp³-hybridized carbons (Fsp3) is 0.111. The summed E-state index contributed by atoms with van der Waals surface area (Å²) in [6.45, 7) is 9.28. The van der Waals surface area contributed by atoms with Crippen LogP contribution < -0.4 is 11.1 Å². The van der Waals surface area contributed by atoms with Crippen LogP contribution >= 0.6 is 0 Å². The Hall–Kier alpha value is -0.448. The minimum atomic E-state index is -1.13. The number of hydrogen-bond acceptors (Lipinski definition) is 4. The van der Waals surface area contributed by atoms with E-state index in [4.69, 9.17) is 13.3 Å². The minimum Gasteiger partial charge on any atom is -0.498 e. The van der Waals surface area contributed by atoms with Gasteiger partial charge >= 0.3 is 21.1 Å². The van der Waals surface area contributed by atoms with E-state index in [1.54, 1.807) is 0 Å². The fourth-order valence-electron chi connectivity index (χ4n) is 0.576. The molecule has 0 unspecified atom stereocenters. The van der Waals surface area contributed by atoms with Crippen LogP contribution in [0.1, 0.15) is 0 Å². The molecule has 0 fully saturated rings. The van der Waals surface area contributed by atoms with Crippen molar-refractivity contribution in [2.45, 2.75) is 0 Å². The Balaban J connectivity index is -0.000000980. The number of nitrogens with two attached hydrogens (primary N) is 1. The quantitative estimate of drug-likeness (QED) is 0.158. The Morgan fingerprint density at radius 3 is 2.29 bits per heavy atom. The molecule has 0 aromatic heterocycles. The Morgan fingerprint density at radius 1 is 1.41 bits per heavy atom. The molecule has 0 bridgehead atoms. The normalized spacial score (nSPS) is 9.06. The van der Waals surface area contributed by atoms with Crippen molar-refractivity contribution in [3.63, 3.8) is 0 Å². The van der Waals surface area contributed by atoms with Crippen molar-refractivity contribution in [3.8, 4) is 0 Å². The van der Waals surface area contributed by atoms with E-state index in [1.807, 2.05) is 0 Å². The summed E-state index contributed by atoms with van der Waals surface area (Å²) in [4.78, 5) is 35.1. The summed E-state index contributed by atoms with van der Waals surface area (Å²) in [7, 11) is 0. The van der Waals surface area contributed by atoms with E-state index in [9.17, 15) is 14.4 Å². The van der Waals surface area contributed by atoms with Crippen LogP contribution in [0.4, 0.5) is 0 Å². The Kier molecular flexibility index (Phi) is 15.4. The van der Waals surface area contributed by atoms with E-state index in [-0.39, 0.29) is 59.3 Å². The van der Waals surface area contributed by atoms with Gasteiger partial charge < -0.3 is 39.1 Å². The van der Waals surface area contributed by atoms with Crippen LogP contribution in [0.5, 0.6) is 0 Å². The zero-order valence-electron chi connectivity index (χ0n) is 8.67. The second kappa shape index (κ2) is 12.0. The van der Waals surface area contributed by atoms with Gasteiger partial charge in [-0.25, -0.2) is 0 Å². The monoisotopic (exact) mass is 479 g/mol. The molecule has 0 saturated heterocycles. The number of rotatable bonds is 6. The maximum absolute atomic E-state index is 11.1. The number of amides is 2. The molecule has 8 heteroatoms. The summed E-state index contributed by atoms with van der Waals surface area (Å²) in [6, 6.07) is 0. The number of primary amides is 1. The third kappa shape index (κ3) is 9.27. The molecule has 0 rings (SSSR count). The molecule has 0 aliphatic rings. The van der Waals surface area contributed by atoms with Gasteiger partial charge in [0, 0.05) is 32.7 Å². The molecule has 17 heavy (non-hydrogen) atoms. The van der Waals surface area contributed by atoms with Gasteiger partial charge in [0.25, 0.3) is 5.91 Å². The van der Waals surface area contributed by atoms with Gasteiger partial charge in [-0.1, -0.05) is 0 Å². The van der Waals surface area contributed by atoms with Crippen molar-refractivity contribution in [2.75, 3.05) is 6.54 Å². The van der Waals surface area contributed by atoms with Gasteiger partial charge in [0.15, 0.2) is 0 Å².